The highest BCUT2D eigenvalue weighted by atomic mass is 35.5. The number of hydrogen-bond donors (Lipinski definition) is 1. The molecule has 0 saturated carbocycles. The second kappa shape index (κ2) is 7.02. The van der Waals surface area contributed by atoms with Gasteiger partial charge < -0.3 is 9.64 Å². The van der Waals surface area contributed by atoms with Gasteiger partial charge in [-0.2, -0.15) is 0 Å². The third kappa shape index (κ3) is 3.91. The predicted molar refractivity (Wildman–Crippen MR) is 77.3 cm³/mol. The van der Waals surface area contributed by atoms with E-state index in [9.17, 15) is 9.18 Å². The molecule has 0 aromatic heterocycles. The summed E-state index contributed by atoms with van der Waals surface area (Å²) in [4.78, 5) is 14.1. The second-order valence-electron chi connectivity index (χ2n) is 4.97. The normalized spacial score (nSPS) is 14.2. The summed E-state index contributed by atoms with van der Waals surface area (Å²) in [6.07, 6.45) is 0. The maximum absolute atomic E-state index is 13.1. The molecular weight excluding hydrogens is 283 g/mol. The maximum Gasteiger partial charge on any atom is 0.330 e. The van der Waals surface area contributed by atoms with Gasteiger partial charge in [0.2, 0.25) is 0 Å². The molecule has 0 spiro atoms. The minimum absolute atomic E-state index is 0.190. The third-order valence-corrected chi connectivity index (χ3v) is 3.41. The van der Waals surface area contributed by atoms with Gasteiger partial charge in [0.25, 0.3) is 0 Å². The average molecular weight is 303 g/mol. The Bertz CT molecular complexity index is 482. The van der Waals surface area contributed by atoms with Crippen LogP contribution >= 0.6 is 11.6 Å². The number of rotatable bonds is 6. The second-order valence-corrected chi connectivity index (χ2v) is 5.38. The van der Waals surface area contributed by atoms with E-state index in [1.807, 2.05) is 19.0 Å². The van der Waals surface area contributed by atoms with Gasteiger partial charge >= 0.3 is 5.97 Å². The first-order valence-corrected chi connectivity index (χ1v) is 6.62. The fraction of sp³-hybridized carbons (Fsp3) is 0.500. The average Bonchev–Trinajstić information content (AvgIpc) is 2.36. The summed E-state index contributed by atoms with van der Waals surface area (Å²) >= 11 is 6.06. The van der Waals surface area contributed by atoms with E-state index in [1.165, 1.54) is 25.3 Å². The van der Waals surface area contributed by atoms with Gasteiger partial charge in [-0.05, 0) is 33.2 Å². The van der Waals surface area contributed by atoms with E-state index < -0.39 is 17.3 Å². The number of likely N-dealkylation sites (N-methyl/N-ethyl adjacent to an activating group) is 1. The highest BCUT2D eigenvalue weighted by molar-refractivity contribution is 6.31. The Kier molecular flexibility index (Phi) is 5.92. The van der Waals surface area contributed by atoms with Crippen molar-refractivity contribution in [2.45, 2.75) is 12.5 Å². The SMILES string of the molecule is COC(=O)C(C)(NCCN(C)C)c1ccc(F)cc1Cl. The van der Waals surface area contributed by atoms with Crippen molar-refractivity contribution in [1.82, 2.24) is 10.2 Å². The lowest BCUT2D eigenvalue weighted by Crippen LogP contribution is -2.49. The third-order valence-electron chi connectivity index (χ3n) is 3.10. The highest BCUT2D eigenvalue weighted by Gasteiger charge is 2.37. The van der Waals surface area contributed by atoms with Gasteiger partial charge in [-0.15, -0.1) is 0 Å². The van der Waals surface area contributed by atoms with Crippen LogP contribution in [-0.4, -0.2) is 45.2 Å². The number of methoxy groups -OCH3 is 1. The molecule has 0 aliphatic carbocycles. The molecule has 0 saturated heterocycles. The Balaban J connectivity index is 3.07. The smallest absolute Gasteiger partial charge is 0.330 e. The Labute approximate surface area is 123 Å². The lowest BCUT2D eigenvalue weighted by molar-refractivity contribution is -0.148. The number of carbonyl (C=O) groups excluding carboxylic acids is 1. The van der Waals surface area contributed by atoms with Gasteiger partial charge in [0.05, 0.1) is 7.11 Å². The molecule has 0 bridgehead atoms. The van der Waals surface area contributed by atoms with E-state index in [2.05, 4.69) is 5.32 Å². The van der Waals surface area contributed by atoms with Crippen molar-refractivity contribution in [2.75, 3.05) is 34.3 Å². The molecule has 0 fully saturated rings. The van der Waals surface area contributed by atoms with Crippen molar-refractivity contribution in [3.05, 3.63) is 34.6 Å². The van der Waals surface area contributed by atoms with Crippen LogP contribution in [0.3, 0.4) is 0 Å². The lowest BCUT2D eigenvalue weighted by atomic mass is 9.91. The summed E-state index contributed by atoms with van der Waals surface area (Å²) in [6, 6.07) is 3.96. The number of esters is 1. The van der Waals surface area contributed by atoms with Crippen LogP contribution in [0.1, 0.15) is 12.5 Å². The largest absolute Gasteiger partial charge is 0.467 e. The van der Waals surface area contributed by atoms with Crippen LogP contribution in [0, 0.1) is 5.82 Å². The van der Waals surface area contributed by atoms with Crippen LogP contribution in [0.5, 0.6) is 0 Å². The minimum Gasteiger partial charge on any atom is -0.467 e. The van der Waals surface area contributed by atoms with E-state index >= 15 is 0 Å². The van der Waals surface area contributed by atoms with Crippen molar-refractivity contribution < 1.29 is 13.9 Å². The van der Waals surface area contributed by atoms with Gasteiger partial charge in [-0.25, -0.2) is 9.18 Å². The molecule has 1 aromatic rings. The summed E-state index contributed by atoms with van der Waals surface area (Å²) in [7, 11) is 5.18. The number of nitrogens with one attached hydrogen (secondary N) is 1. The summed E-state index contributed by atoms with van der Waals surface area (Å²) in [5.74, 6) is -0.913. The van der Waals surface area contributed by atoms with Gasteiger partial charge in [0.15, 0.2) is 0 Å². The Morgan fingerprint density at radius 1 is 1.50 bits per heavy atom. The molecule has 4 nitrogen and oxygen atoms in total. The highest BCUT2D eigenvalue weighted by Crippen LogP contribution is 2.29. The first-order chi connectivity index (χ1) is 9.31. The van der Waals surface area contributed by atoms with Gasteiger partial charge in [0, 0.05) is 23.7 Å². The monoisotopic (exact) mass is 302 g/mol. The number of hydrogen-bond acceptors (Lipinski definition) is 4. The summed E-state index contributed by atoms with van der Waals surface area (Å²) in [6.45, 7) is 2.98. The molecule has 0 aliphatic rings. The fourth-order valence-corrected chi connectivity index (χ4v) is 2.26. The molecule has 1 atom stereocenters. The number of halogens is 2. The molecule has 0 radical (unpaired) electrons. The lowest BCUT2D eigenvalue weighted by Gasteiger charge is -2.30. The molecule has 1 aromatic carbocycles. The van der Waals surface area contributed by atoms with Crippen molar-refractivity contribution in [1.29, 1.82) is 0 Å². The summed E-state index contributed by atoms with van der Waals surface area (Å²) in [5, 5.41) is 3.32. The molecule has 1 unspecified atom stereocenters. The summed E-state index contributed by atoms with van der Waals surface area (Å²) < 4.78 is 18.0. The van der Waals surface area contributed by atoms with Gasteiger partial charge in [0.1, 0.15) is 11.4 Å². The van der Waals surface area contributed by atoms with Crippen molar-refractivity contribution >= 4 is 17.6 Å². The topological polar surface area (TPSA) is 41.6 Å². The molecule has 1 rings (SSSR count). The zero-order valence-electron chi connectivity index (χ0n) is 12.2. The molecule has 6 heteroatoms. The molecule has 0 amide bonds. The van der Waals surface area contributed by atoms with Crippen molar-refractivity contribution in [2.24, 2.45) is 0 Å². The van der Waals surface area contributed by atoms with Crippen LogP contribution in [0.25, 0.3) is 0 Å². The standard InChI is InChI=1S/C14H20ClFN2O2/c1-14(13(19)20-4,17-7-8-18(2)3)11-6-5-10(16)9-12(11)15/h5-6,9,17H,7-8H2,1-4H3. The van der Waals surface area contributed by atoms with Gasteiger partial charge in [-0.3, -0.25) is 5.32 Å². The zero-order chi connectivity index (χ0) is 15.3. The first-order valence-electron chi connectivity index (χ1n) is 6.25. The quantitative estimate of drug-likeness (QED) is 0.816. The Hall–Kier alpha value is -1.17. The molecule has 20 heavy (non-hydrogen) atoms. The molecule has 0 heterocycles. The Morgan fingerprint density at radius 3 is 2.65 bits per heavy atom. The van der Waals surface area contributed by atoms with E-state index in [0.29, 0.717) is 12.1 Å². The number of ether oxygens (including phenoxy) is 1. The first kappa shape index (κ1) is 16.9. The van der Waals surface area contributed by atoms with Crippen LogP contribution in [-0.2, 0) is 15.1 Å². The Morgan fingerprint density at radius 2 is 2.15 bits per heavy atom. The maximum atomic E-state index is 13.1. The summed E-state index contributed by atoms with van der Waals surface area (Å²) in [5.41, 5.74) is -0.624. The predicted octanol–water partition coefficient (Wildman–Crippen LogP) is 2.02. The van der Waals surface area contributed by atoms with Crippen LogP contribution in [0.15, 0.2) is 18.2 Å². The molecular formula is C14H20ClFN2O2. The molecule has 0 aliphatic heterocycles. The number of carbonyl (C=O) groups is 1. The van der Waals surface area contributed by atoms with Crippen LogP contribution in [0.2, 0.25) is 5.02 Å². The molecule has 112 valence electrons. The van der Waals surface area contributed by atoms with Crippen LogP contribution < -0.4 is 5.32 Å². The minimum atomic E-state index is -1.12. The van der Waals surface area contributed by atoms with E-state index in [4.69, 9.17) is 16.3 Å². The van der Waals surface area contributed by atoms with Gasteiger partial charge in [-0.1, -0.05) is 17.7 Å². The number of benzene rings is 1. The van der Waals surface area contributed by atoms with Crippen molar-refractivity contribution in [3.8, 4) is 0 Å². The number of nitrogens with zero attached hydrogens (tertiary/aromatic N) is 1. The van der Waals surface area contributed by atoms with Crippen molar-refractivity contribution in [3.63, 3.8) is 0 Å². The van der Waals surface area contributed by atoms with E-state index in [-0.39, 0.29) is 5.02 Å². The fourth-order valence-electron chi connectivity index (χ4n) is 1.91. The molecule has 1 N–H and O–H groups in total. The zero-order valence-corrected chi connectivity index (χ0v) is 12.9. The van der Waals surface area contributed by atoms with E-state index in [0.717, 1.165) is 6.54 Å². The van der Waals surface area contributed by atoms with Crippen LogP contribution in [0.4, 0.5) is 4.39 Å². The van der Waals surface area contributed by atoms with E-state index in [1.54, 1.807) is 6.92 Å².